The van der Waals surface area contributed by atoms with Crippen LogP contribution in [0.25, 0.3) is 0 Å². The lowest BCUT2D eigenvalue weighted by Gasteiger charge is -2.37. The maximum Gasteiger partial charge on any atom is 0.267 e. The van der Waals surface area contributed by atoms with E-state index in [1.54, 1.807) is 6.07 Å². The summed E-state index contributed by atoms with van der Waals surface area (Å²) in [5.74, 6) is 0.833. The summed E-state index contributed by atoms with van der Waals surface area (Å²) in [6.07, 6.45) is 8.33. The zero-order valence-corrected chi connectivity index (χ0v) is 17.1. The molecule has 2 N–H and O–H groups in total. The average molecular weight is 398 g/mol. The van der Waals surface area contributed by atoms with Crippen molar-refractivity contribution >= 4 is 11.5 Å². The molecule has 0 amide bonds. The van der Waals surface area contributed by atoms with Gasteiger partial charge in [-0.15, -0.1) is 0 Å². The van der Waals surface area contributed by atoms with Crippen LogP contribution in [-0.2, 0) is 0 Å². The third kappa shape index (κ3) is 4.61. The highest BCUT2D eigenvalue weighted by Crippen LogP contribution is 2.28. The minimum Gasteiger partial charge on any atom is -0.391 e. The van der Waals surface area contributed by atoms with E-state index in [1.807, 2.05) is 25.3 Å². The molecule has 7 heteroatoms. The van der Waals surface area contributed by atoms with Crippen molar-refractivity contribution in [1.82, 2.24) is 14.8 Å². The molecule has 0 radical (unpaired) electrons. The van der Waals surface area contributed by atoms with E-state index >= 15 is 0 Å². The molecule has 3 heterocycles. The van der Waals surface area contributed by atoms with Gasteiger partial charge < -0.3 is 15.3 Å². The Morgan fingerprint density at radius 2 is 1.97 bits per heavy atom. The number of aromatic nitrogens is 3. The number of aliphatic hydroxyl groups excluding tert-OH is 1. The van der Waals surface area contributed by atoms with E-state index in [-0.39, 0.29) is 11.6 Å². The maximum absolute atomic E-state index is 12.5. The van der Waals surface area contributed by atoms with Crippen molar-refractivity contribution in [1.29, 1.82) is 0 Å². The normalized spacial score (nSPS) is 25.0. The van der Waals surface area contributed by atoms with Crippen LogP contribution in [-0.4, -0.2) is 45.1 Å². The third-order valence-corrected chi connectivity index (χ3v) is 6.18. The van der Waals surface area contributed by atoms with Crippen molar-refractivity contribution in [3.05, 3.63) is 46.5 Å². The quantitative estimate of drug-likeness (QED) is 0.807. The van der Waals surface area contributed by atoms with Crippen LogP contribution >= 0.6 is 0 Å². The Bertz CT molecular complexity index is 884. The number of piperidine rings is 1. The molecule has 0 spiro atoms. The number of aryl methyl sites for hydroxylation is 1. The monoisotopic (exact) mass is 397 g/mol. The largest absolute Gasteiger partial charge is 0.391 e. The third-order valence-electron chi connectivity index (χ3n) is 6.18. The molecule has 2 aromatic rings. The van der Waals surface area contributed by atoms with E-state index in [0.29, 0.717) is 6.04 Å². The van der Waals surface area contributed by atoms with Crippen molar-refractivity contribution in [2.45, 2.75) is 70.1 Å². The first-order chi connectivity index (χ1) is 14.1. The number of anilines is 2. The molecule has 1 aliphatic carbocycles. The van der Waals surface area contributed by atoms with Crippen molar-refractivity contribution in [3.8, 4) is 0 Å². The first-order valence-corrected chi connectivity index (χ1v) is 10.8. The van der Waals surface area contributed by atoms with Crippen LogP contribution in [0.4, 0.5) is 11.5 Å². The number of pyridine rings is 1. The van der Waals surface area contributed by atoms with E-state index in [0.717, 1.165) is 68.8 Å². The molecule has 2 aromatic heterocycles. The molecule has 4 rings (SSSR count). The van der Waals surface area contributed by atoms with Crippen LogP contribution in [0.15, 0.2) is 35.3 Å². The number of nitrogens with zero attached hydrogens (tertiary/aromatic N) is 4. The summed E-state index contributed by atoms with van der Waals surface area (Å²) in [5.41, 5.74) is 1.94. The molecule has 0 bridgehead atoms. The lowest BCUT2D eigenvalue weighted by molar-refractivity contribution is 0.0669. The van der Waals surface area contributed by atoms with Gasteiger partial charge >= 0.3 is 0 Å². The van der Waals surface area contributed by atoms with Gasteiger partial charge in [0.1, 0.15) is 5.82 Å². The molecule has 1 saturated carbocycles. The minimum atomic E-state index is -0.488. The van der Waals surface area contributed by atoms with Crippen LogP contribution in [0, 0.1) is 6.92 Å². The number of aliphatic hydroxyl groups is 1. The van der Waals surface area contributed by atoms with E-state index in [1.165, 1.54) is 11.1 Å². The second-order valence-corrected chi connectivity index (χ2v) is 8.30. The summed E-state index contributed by atoms with van der Waals surface area (Å²) < 4.78 is 1.53. The summed E-state index contributed by atoms with van der Waals surface area (Å²) in [5, 5.41) is 18.7. The highest BCUT2D eigenvalue weighted by molar-refractivity contribution is 5.45. The average Bonchev–Trinajstić information content (AvgIpc) is 2.74. The number of rotatable bonds is 5. The summed E-state index contributed by atoms with van der Waals surface area (Å²) in [4.78, 5) is 19.0. The zero-order valence-electron chi connectivity index (χ0n) is 17.1. The Balaban J connectivity index is 1.53. The number of hydrogen-bond acceptors (Lipinski definition) is 6. The second-order valence-electron chi connectivity index (χ2n) is 8.30. The number of hydrogen-bond donors (Lipinski definition) is 2. The molecule has 0 aromatic carbocycles. The maximum atomic E-state index is 12.5. The topological polar surface area (TPSA) is 83.3 Å². The van der Waals surface area contributed by atoms with Gasteiger partial charge in [-0.05, 0) is 57.2 Å². The van der Waals surface area contributed by atoms with Gasteiger partial charge in [-0.2, -0.15) is 5.10 Å². The van der Waals surface area contributed by atoms with Gasteiger partial charge in [0, 0.05) is 42.8 Å². The molecular weight excluding hydrogens is 366 g/mol. The van der Waals surface area contributed by atoms with Crippen LogP contribution in [0.3, 0.4) is 0 Å². The van der Waals surface area contributed by atoms with Gasteiger partial charge in [0.15, 0.2) is 0 Å². The van der Waals surface area contributed by atoms with E-state index in [4.69, 9.17) is 5.10 Å². The Kier molecular flexibility index (Phi) is 6.13. The summed E-state index contributed by atoms with van der Waals surface area (Å²) >= 11 is 0. The molecule has 2 fully saturated rings. The summed E-state index contributed by atoms with van der Waals surface area (Å²) in [6.45, 7) is 3.74. The highest BCUT2D eigenvalue weighted by Gasteiger charge is 2.28. The lowest BCUT2D eigenvalue weighted by Crippen LogP contribution is -2.45. The molecule has 3 unspecified atom stereocenters. The molecule has 29 heavy (non-hydrogen) atoms. The van der Waals surface area contributed by atoms with E-state index in [2.05, 4.69) is 21.3 Å². The standard InChI is InChI=1S/C22H31N5O2/c1-16-14-17(11-12-23-16)24-15-18-6-4-5-13-26(18)21-9-10-22(29)27(25-21)19-7-2-3-8-20(19)28/h9-12,14,18-20,28H,2-8,13,15H2,1H3,(H,23,24). The van der Waals surface area contributed by atoms with Crippen molar-refractivity contribution in [2.24, 2.45) is 0 Å². The van der Waals surface area contributed by atoms with Crippen LogP contribution < -0.4 is 15.8 Å². The van der Waals surface area contributed by atoms with Crippen LogP contribution in [0.1, 0.15) is 56.7 Å². The van der Waals surface area contributed by atoms with Gasteiger partial charge in [-0.1, -0.05) is 12.8 Å². The predicted molar refractivity (Wildman–Crippen MR) is 114 cm³/mol. The van der Waals surface area contributed by atoms with Gasteiger partial charge in [0.05, 0.1) is 12.1 Å². The fourth-order valence-electron chi connectivity index (χ4n) is 4.59. The van der Waals surface area contributed by atoms with Crippen LogP contribution in [0.2, 0.25) is 0 Å². The molecule has 2 aliphatic rings. The Morgan fingerprint density at radius 3 is 2.79 bits per heavy atom. The van der Waals surface area contributed by atoms with Crippen molar-refractivity contribution in [3.63, 3.8) is 0 Å². The second kappa shape index (κ2) is 8.95. The first kappa shape index (κ1) is 19.9. The molecule has 1 saturated heterocycles. The highest BCUT2D eigenvalue weighted by atomic mass is 16.3. The molecule has 7 nitrogen and oxygen atoms in total. The Morgan fingerprint density at radius 1 is 1.14 bits per heavy atom. The minimum absolute atomic E-state index is 0.126. The van der Waals surface area contributed by atoms with Gasteiger partial charge in [0.2, 0.25) is 0 Å². The SMILES string of the molecule is Cc1cc(NCC2CCCCN2c2ccc(=O)n(C3CCCCC3O)n2)ccn1. The van der Waals surface area contributed by atoms with Crippen LogP contribution in [0.5, 0.6) is 0 Å². The molecule has 3 atom stereocenters. The smallest absolute Gasteiger partial charge is 0.267 e. The van der Waals surface area contributed by atoms with Gasteiger partial charge in [0.25, 0.3) is 5.56 Å². The van der Waals surface area contributed by atoms with Crippen molar-refractivity contribution < 1.29 is 5.11 Å². The summed E-state index contributed by atoms with van der Waals surface area (Å²) in [7, 11) is 0. The Labute approximate surface area is 171 Å². The zero-order chi connectivity index (χ0) is 20.2. The van der Waals surface area contributed by atoms with E-state index < -0.39 is 6.10 Å². The first-order valence-electron chi connectivity index (χ1n) is 10.8. The van der Waals surface area contributed by atoms with Gasteiger partial charge in [-0.3, -0.25) is 9.78 Å². The van der Waals surface area contributed by atoms with E-state index in [9.17, 15) is 9.90 Å². The van der Waals surface area contributed by atoms with Crippen molar-refractivity contribution in [2.75, 3.05) is 23.3 Å². The summed E-state index contributed by atoms with van der Waals surface area (Å²) in [6, 6.07) is 7.58. The lowest BCUT2D eigenvalue weighted by atomic mass is 9.93. The predicted octanol–water partition coefficient (Wildman–Crippen LogP) is 2.89. The molecule has 1 aliphatic heterocycles. The van der Waals surface area contributed by atoms with Gasteiger partial charge in [-0.25, -0.2) is 4.68 Å². The fraction of sp³-hybridized carbons (Fsp3) is 0.591. The number of nitrogens with one attached hydrogen (secondary N) is 1. The fourth-order valence-corrected chi connectivity index (χ4v) is 4.59. The Hall–Kier alpha value is -2.41. The molecular formula is C22H31N5O2. The molecule has 156 valence electrons.